The van der Waals surface area contributed by atoms with Gasteiger partial charge < -0.3 is 24.4 Å². The van der Waals surface area contributed by atoms with Gasteiger partial charge >= 0.3 is 5.63 Å². The first kappa shape index (κ1) is 19.9. The predicted octanol–water partition coefficient (Wildman–Crippen LogP) is 1.25. The van der Waals surface area contributed by atoms with Crippen molar-refractivity contribution in [2.45, 2.75) is 59.1 Å². The quantitative estimate of drug-likeness (QED) is 0.749. The number of nitrogens with one attached hydrogen (secondary N) is 1. The smallest absolute Gasteiger partial charge is 0.339 e. The Hall–Kier alpha value is -2.83. The van der Waals surface area contributed by atoms with Gasteiger partial charge in [-0.1, -0.05) is 13.8 Å². The molecule has 0 radical (unpaired) electrons. The summed E-state index contributed by atoms with van der Waals surface area (Å²) in [7, 11) is 0. The molecule has 1 aromatic heterocycles. The number of benzene rings is 1. The summed E-state index contributed by atoms with van der Waals surface area (Å²) < 4.78 is 11.3. The predicted molar refractivity (Wildman–Crippen MR) is 101 cm³/mol. The highest BCUT2D eigenvalue weighted by atomic mass is 16.5. The highest BCUT2D eigenvalue weighted by Gasteiger charge is 2.24. The Labute approximate surface area is 162 Å². The Morgan fingerprint density at radius 3 is 2.50 bits per heavy atom. The second-order valence-corrected chi connectivity index (χ2v) is 7.57. The molecule has 7 nitrogen and oxygen atoms in total. The first-order chi connectivity index (χ1) is 13.2. The van der Waals surface area contributed by atoms with Gasteiger partial charge in [-0.05, 0) is 56.7 Å². The number of ether oxygens (including phenoxy) is 1. The second-order valence-electron chi connectivity index (χ2n) is 7.57. The van der Waals surface area contributed by atoms with Crippen molar-refractivity contribution in [2.75, 3.05) is 0 Å². The van der Waals surface area contributed by atoms with Gasteiger partial charge in [0.2, 0.25) is 0 Å². The van der Waals surface area contributed by atoms with E-state index in [0.29, 0.717) is 16.9 Å². The van der Waals surface area contributed by atoms with Crippen LogP contribution in [0.2, 0.25) is 0 Å². The number of carboxylic acids is 1. The van der Waals surface area contributed by atoms with Crippen molar-refractivity contribution in [1.82, 2.24) is 5.32 Å². The molecule has 0 aliphatic heterocycles. The molecule has 0 saturated heterocycles. The van der Waals surface area contributed by atoms with Gasteiger partial charge in [-0.15, -0.1) is 0 Å². The number of aliphatic carboxylic acids is 1. The van der Waals surface area contributed by atoms with E-state index < -0.39 is 24.0 Å². The fraction of sp³-hybridized carbons (Fsp3) is 0.476. The number of carboxylic acid groups (broad SMARTS) is 1. The van der Waals surface area contributed by atoms with E-state index in [9.17, 15) is 19.5 Å². The van der Waals surface area contributed by atoms with Crippen molar-refractivity contribution < 1.29 is 23.8 Å². The van der Waals surface area contributed by atoms with E-state index in [4.69, 9.17) is 9.15 Å². The monoisotopic (exact) mass is 386 g/mol. The molecule has 3 rings (SSSR count). The van der Waals surface area contributed by atoms with E-state index in [2.05, 4.69) is 5.32 Å². The van der Waals surface area contributed by atoms with Crippen molar-refractivity contribution in [1.29, 1.82) is 0 Å². The summed E-state index contributed by atoms with van der Waals surface area (Å²) in [5, 5.41) is 14.5. The first-order valence-corrected chi connectivity index (χ1v) is 9.46. The minimum atomic E-state index is -1.34. The summed E-state index contributed by atoms with van der Waals surface area (Å²) in [6.45, 7) is 6.66. The van der Waals surface area contributed by atoms with Crippen molar-refractivity contribution in [3.8, 4) is 5.75 Å². The number of rotatable bonds is 6. The van der Waals surface area contributed by atoms with Gasteiger partial charge in [-0.2, -0.15) is 0 Å². The first-order valence-electron chi connectivity index (χ1n) is 9.46. The normalized spacial score (nSPS) is 15.3. The van der Waals surface area contributed by atoms with E-state index in [1.165, 1.54) is 6.92 Å². The summed E-state index contributed by atoms with van der Waals surface area (Å²) >= 11 is 0. The molecular formula is C21H24NO6-. The van der Waals surface area contributed by atoms with E-state index in [1.807, 2.05) is 6.07 Å². The zero-order chi connectivity index (χ0) is 20.6. The van der Waals surface area contributed by atoms with E-state index in [1.54, 1.807) is 26.8 Å². The van der Waals surface area contributed by atoms with Gasteiger partial charge in [0.15, 0.2) is 6.10 Å². The summed E-state index contributed by atoms with van der Waals surface area (Å²) in [5.41, 5.74) is 2.55. The minimum absolute atomic E-state index is 0.320. The largest absolute Gasteiger partial charge is 0.548 e. The zero-order valence-corrected chi connectivity index (χ0v) is 16.5. The Balaban J connectivity index is 1.85. The number of aryl methyl sites for hydroxylation is 2. The van der Waals surface area contributed by atoms with Gasteiger partial charge in [-0.25, -0.2) is 4.79 Å². The van der Waals surface area contributed by atoms with Crippen molar-refractivity contribution in [3.05, 3.63) is 39.2 Å². The van der Waals surface area contributed by atoms with Gasteiger partial charge in [0.1, 0.15) is 11.3 Å². The van der Waals surface area contributed by atoms with Crippen LogP contribution in [0.1, 0.15) is 43.9 Å². The van der Waals surface area contributed by atoms with E-state index in [-0.39, 0.29) is 11.5 Å². The van der Waals surface area contributed by atoms with Crippen molar-refractivity contribution >= 4 is 22.8 Å². The molecule has 1 N–H and O–H groups in total. The molecule has 0 fully saturated rings. The third kappa shape index (κ3) is 3.61. The molecule has 1 aromatic carbocycles. The lowest BCUT2D eigenvalue weighted by Crippen LogP contribution is -2.53. The molecule has 7 heteroatoms. The Bertz CT molecular complexity index is 991. The molecule has 0 spiro atoms. The van der Waals surface area contributed by atoms with Crippen LogP contribution in [0.3, 0.4) is 0 Å². The Morgan fingerprint density at radius 2 is 1.86 bits per heavy atom. The van der Waals surface area contributed by atoms with Crippen molar-refractivity contribution in [3.63, 3.8) is 0 Å². The van der Waals surface area contributed by atoms with E-state index >= 15 is 0 Å². The summed E-state index contributed by atoms with van der Waals surface area (Å²) in [5.74, 6) is -1.81. The number of amides is 1. The third-order valence-electron chi connectivity index (χ3n) is 5.23. The van der Waals surface area contributed by atoms with Crippen LogP contribution in [0.5, 0.6) is 5.75 Å². The number of fused-ring (bicyclic) bond motifs is 3. The van der Waals surface area contributed by atoms with Crippen LogP contribution < -0.4 is 20.8 Å². The minimum Gasteiger partial charge on any atom is -0.548 e. The number of carbonyl (C=O) groups excluding carboxylic acids is 2. The van der Waals surface area contributed by atoms with Crippen LogP contribution in [-0.2, 0) is 22.4 Å². The number of hydrogen-bond donors (Lipinski definition) is 1. The molecule has 2 aromatic rings. The highest BCUT2D eigenvalue weighted by molar-refractivity contribution is 5.88. The lowest BCUT2D eigenvalue weighted by Gasteiger charge is -2.25. The summed E-state index contributed by atoms with van der Waals surface area (Å²) in [4.78, 5) is 35.8. The van der Waals surface area contributed by atoms with Crippen LogP contribution in [0.15, 0.2) is 21.3 Å². The lowest BCUT2D eigenvalue weighted by atomic mass is 10.0. The maximum Gasteiger partial charge on any atom is 0.339 e. The molecule has 1 amide bonds. The van der Waals surface area contributed by atoms with Gasteiger partial charge in [0, 0.05) is 16.5 Å². The van der Waals surface area contributed by atoms with Crippen LogP contribution >= 0.6 is 0 Å². The highest BCUT2D eigenvalue weighted by Crippen LogP contribution is 2.33. The van der Waals surface area contributed by atoms with Crippen LogP contribution in [0, 0.1) is 12.8 Å². The summed E-state index contributed by atoms with van der Waals surface area (Å²) in [6, 6.07) is 2.49. The summed E-state index contributed by atoms with van der Waals surface area (Å²) in [6.07, 6.45) is 1.58. The van der Waals surface area contributed by atoms with Crippen LogP contribution in [0.25, 0.3) is 11.0 Å². The molecule has 1 heterocycles. The molecule has 2 atom stereocenters. The lowest BCUT2D eigenvalue weighted by molar-refractivity contribution is -0.309. The van der Waals surface area contributed by atoms with Gasteiger partial charge in [-0.3, -0.25) is 4.79 Å². The zero-order valence-electron chi connectivity index (χ0n) is 16.5. The molecule has 150 valence electrons. The van der Waals surface area contributed by atoms with Gasteiger partial charge in [0.05, 0.1) is 12.0 Å². The Morgan fingerprint density at radius 1 is 1.18 bits per heavy atom. The fourth-order valence-corrected chi connectivity index (χ4v) is 3.60. The molecule has 0 bridgehead atoms. The fourth-order valence-electron chi connectivity index (χ4n) is 3.60. The molecule has 0 unspecified atom stereocenters. The van der Waals surface area contributed by atoms with Crippen LogP contribution in [-0.4, -0.2) is 24.0 Å². The van der Waals surface area contributed by atoms with E-state index in [0.717, 1.165) is 35.8 Å². The average Bonchev–Trinajstić information content (AvgIpc) is 3.12. The van der Waals surface area contributed by atoms with Crippen molar-refractivity contribution in [2.24, 2.45) is 5.92 Å². The number of carbonyl (C=O) groups is 2. The SMILES string of the molecule is Cc1c(O[C@@H](C)C(=O)N[C@H](C(=O)[O-])C(C)C)ccc2c3c(c(=O)oc12)CCC3. The van der Waals surface area contributed by atoms with Gasteiger partial charge in [0.25, 0.3) is 5.91 Å². The average molecular weight is 386 g/mol. The molecule has 1 aliphatic rings. The molecule has 1 aliphatic carbocycles. The molecular weight excluding hydrogens is 362 g/mol. The maximum absolute atomic E-state index is 12.3. The second kappa shape index (κ2) is 7.66. The molecule has 0 saturated carbocycles. The standard InChI is InChI=1S/C21H25NO6/c1-10(2)17(20(24)25)22-19(23)12(4)27-16-9-8-14-13-6-5-7-15(13)21(26)28-18(14)11(16)3/h8-10,12,17H,5-7H2,1-4H3,(H,22,23)(H,24,25)/p-1/t12-,17-/m0/s1. The van der Waals surface area contributed by atoms with Crippen LogP contribution in [0.4, 0.5) is 0 Å². The number of hydrogen-bond acceptors (Lipinski definition) is 6. The maximum atomic E-state index is 12.3. The Kier molecular flexibility index (Phi) is 5.45. The molecule has 28 heavy (non-hydrogen) atoms. The topological polar surface area (TPSA) is 109 Å². The third-order valence-corrected chi connectivity index (χ3v) is 5.23.